The van der Waals surface area contributed by atoms with Crippen LogP contribution in [0.4, 0.5) is 0 Å². The van der Waals surface area contributed by atoms with Crippen LogP contribution < -0.4 is 0 Å². The SMILES string of the molecule is CC(=O)[C@@H]1[C@H](O)C[C@@H]2[C@@H]3CC[C@@H]4CCCC[C@]4(C)[C@H]3CC[C@@]21C. The van der Waals surface area contributed by atoms with Crippen LogP contribution in [-0.2, 0) is 4.79 Å². The first-order chi connectivity index (χ1) is 10.9. The number of ketones is 1. The van der Waals surface area contributed by atoms with Crippen LogP contribution in [-0.4, -0.2) is 17.0 Å². The average molecular weight is 319 g/mol. The highest BCUT2D eigenvalue weighted by molar-refractivity contribution is 5.80. The number of hydrogen-bond acceptors (Lipinski definition) is 2. The summed E-state index contributed by atoms with van der Waals surface area (Å²) < 4.78 is 0. The maximum Gasteiger partial charge on any atom is 0.136 e. The molecule has 4 aliphatic carbocycles. The van der Waals surface area contributed by atoms with Crippen LogP contribution in [0, 0.1) is 40.4 Å². The molecule has 4 aliphatic rings. The number of carbonyl (C=O) groups is 1. The molecule has 1 N–H and O–H groups in total. The van der Waals surface area contributed by atoms with Gasteiger partial charge in [0.25, 0.3) is 0 Å². The lowest BCUT2D eigenvalue weighted by Crippen LogP contribution is -2.53. The first-order valence-corrected chi connectivity index (χ1v) is 10.1. The van der Waals surface area contributed by atoms with Crippen LogP contribution in [0.1, 0.15) is 78.6 Å². The lowest BCUT2D eigenvalue weighted by Gasteiger charge is -2.60. The van der Waals surface area contributed by atoms with Crippen molar-refractivity contribution in [2.24, 2.45) is 40.4 Å². The van der Waals surface area contributed by atoms with Gasteiger partial charge in [0.2, 0.25) is 0 Å². The molecule has 0 heterocycles. The summed E-state index contributed by atoms with van der Waals surface area (Å²) in [5, 5.41) is 10.6. The van der Waals surface area contributed by atoms with Crippen molar-refractivity contribution in [1.82, 2.24) is 0 Å². The van der Waals surface area contributed by atoms with Crippen LogP contribution in [0.25, 0.3) is 0 Å². The molecule has 0 saturated heterocycles. The Bertz CT molecular complexity index is 500. The number of rotatable bonds is 1. The minimum absolute atomic E-state index is 0.0598. The summed E-state index contributed by atoms with van der Waals surface area (Å²) in [6.45, 7) is 6.61. The lowest BCUT2D eigenvalue weighted by atomic mass is 9.45. The third-order valence-corrected chi connectivity index (χ3v) is 9.05. The number of aliphatic hydroxyl groups excluding tert-OH is 1. The van der Waals surface area contributed by atoms with Gasteiger partial charge in [-0.05, 0) is 86.4 Å². The van der Waals surface area contributed by atoms with Crippen molar-refractivity contribution >= 4 is 5.78 Å². The van der Waals surface area contributed by atoms with Crippen molar-refractivity contribution in [2.75, 3.05) is 0 Å². The van der Waals surface area contributed by atoms with Crippen LogP contribution >= 0.6 is 0 Å². The molecule has 23 heavy (non-hydrogen) atoms. The fourth-order valence-electron chi connectivity index (χ4n) is 8.04. The second-order valence-corrected chi connectivity index (χ2v) is 9.84. The zero-order valence-electron chi connectivity index (χ0n) is 15.2. The Balaban J connectivity index is 1.66. The molecule has 4 saturated carbocycles. The molecule has 4 fully saturated rings. The van der Waals surface area contributed by atoms with Gasteiger partial charge in [0.1, 0.15) is 5.78 Å². The van der Waals surface area contributed by atoms with Gasteiger partial charge in [-0.1, -0.05) is 26.7 Å². The second kappa shape index (κ2) is 5.31. The zero-order chi connectivity index (χ0) is 16.4. The van der Waals surface area contributed by atoms with Gasteiger partial charge in [-0.3, -0.25) is 4.79 Å². The third kappa shape index (κ3) is 2.12. The van der Waals surface area contributed by atoms with E-state index in [0.29, 0.717) is 11.3 Å². The molecule has 0 spiro atoms. The van der Waals surface area contributed by atoms with Crippen LogP contribution in [0.3, 0.4) is 0 Å². The fourth-order valence-corrected chi connectivity index (χ4v) is 8.04. The predicted octanol–water partition coefficient (Wildman–Crippen LogP) is 4.60. The summed E-state index contributed by atoms with van der Waals surface area (Å²) in [6, 6.07) is 0. The fraction of sp³-hybridized carbons (Fsp3) is 0.952. The van der Waals surface area contributed by atoms with Gasteiger partial charge < -0.3 is 5.11 Å². The highest BCUT2D eigenvalue weighted by Gasteiger charge is 2.62. The lowest BCUT2D eigenvalue weighted by molar-refractivity contribution is -0.135. The Hall–Kier alpha value is -0.370. The van der Waals surface area contributed by atoms with Crippen molar-refractivity contribution < 1.29 is 9.90 Å². The molecule has 0 aromatic heterocycles. The predicted molar refractivity (Wildman–Crippen MR) is 91.9 cm³/mol. The molecule has 0 bridgehead atoms. The molecular weight excluding hydrogens is 284 g/mol. The standard InChI is InChI=1S/C21H34O2/c1-13(22)19-18(23)12-17-15-8-7-14-6-4-5-10-20(14,2)16(15)9-11-21(17,19)3/h14-19,23H,4-12H2,1-3H3/t14-,15+,16-,17+,18+,19+,20-,21-/m0/s1. The van der Waals surface area contributed by atoms with E-state index in [1.165, 1.54) is 44.9 Å². The summed E-state index contributed by atoms with van der Waals surface area (Å²) in [5.74, 6) is 3.23. The summed E-state index contributed by atoms with van der Waals surface area (Å²) in [6.07, 6.45) is 11.4. The molecule has 2 nitrogen and oxygen atoms in total. The van der Waals surface area contributed by atoms with Gasteiger partial charge >= 0.3 is 0 Å². The van der Waals surface area contributed by atoms with Gasteiger partial charge in [-0.15, -0.1) is 0 Å². The summed E-state index contributed by atoms with van der Waals surface area (Å²) in [5.41, 5.74) is 0.603. The van der Waals surface area contributed by atoms with Crippen LogP contribution in [0.15, 0.2) is 0 Å². The molecule has 2 heteroatoms. The number of fused-ring (bicyclic) bond motifs is 5. The smallest absolute Gasteiger partial charge is 0.136 e. The van der Waals surface area contributed by atoms with Crippen molar-refractivity contribution in [3.8, 4) is 0 Å². The monoisotopic (exact) mass is 318 g/mol. The van der Waals surface area contributed by atoms with Crippen molar-refractivity contribution in [3.63, 3.8) is 0 Å². The first kappa shape index (κ1) is 16.1. The largest absolute Gasteiger partial charge is 0.392 e. The molecule has 0 amide bonds. The number of Topliss-reactive ketones (excluding diaryl/α,β-unsaturated/α-hetero) is 1. The van der Waals surface area contributed by atoms with E-state index >= 15 is 0 Å². The number of aliphatic hydroxyl groups is 1. The van der Waals surface area contributed by atoms with Crippen LogP contribution in [0.5, 0.6) is 0 Å². The highest BCUT2D eigenvalue weighted by atomic mass is 16.3. The Morgan fingerprint density at radius 3 is 2.48 bits per heavy atom. The van der Waals surface area contributed by atoms with Gasteiger partial charge in [-0.2, -0.15) is 0 Å². The first-order valence-electron chi connectivity index (χ1n) is 10.1. The summed E-state index contributed by atoms with van der Waals surface area (Å²) in [7, 11) is 0. The molecule has 0 aromatic rings. The van der Waals surface area contributed by atoms with Crippen molar-refractivity contribution in [3.05, 3.63) is 0 Å². The minimum atomic E-state index is -0.391. The van der Waals surface area contributed by atoms with E-state index in [1.54, 1.807) is 6.92 Å². The third-order valence-electron chi connectivity index (χ3n) is 9.05. The number of carbonyl (C=O) groups excluding carboxylic acids is 1. The molecule has 130 valence electrons. The topological polar surface area (TPSA) is 37.3 Å². The van der Waals surface area contributed by atoms with Gasteiger partial charge in [0.05, 0.1) is 6.10 Å². The van der Waals surface area contributed by atoms with Gasteiger partial charge in [0.15, 0.2) is 0 Å². The molecule has 0 aromatic carbocycles. The Labute approximate surface area is 141 Å². The quantitative estimate of drug-likeness (QED) is 0.767. The molecule has 0 aliphatic heterocycles. The van der Waals surface area contributed by atoms with E-state index < -0.39 is 6.10 Å². The molecule has 0 radical (unpaired) electrons. The average Bonchev–Trinajstić information content (AvgIpc) is 2.77. The van der Waals surface area contributed by atoms with E-state index in [2.05, 4.69) is 13.8 Å². The van der Waals surface area contributed by atoms with Crippen molar-refractivity contribution in [1.29, 1.82) is 0 Å². The van der Waals surface area contributed by atoms with Crippen molar-refractivity contribution in [2.45, 2.75) is 84.7 Å². The van der Waals surface area contributed by atoms with E-state index in [4.69, 9.17) is 0 Å². The molecule has 8 atom stereocenters. The molecule has 0 unspecified atom stereocenters. The van der Waals surface area contributed by atoms with E-state index in [-0.39, 0.29) is 17.1 Å². The maximum atomic E-state index is 12.2. The Morgan fingerprint density at radius 2 is 1.74 bits per heavy atom. The molecular formula is C21H34O2. The van der Waals surface area contributed by atoms with E-state index in [0.717, 1.165) is 30.6 Å². The minimum Gasteiger partial charge on any atom is -0.392 e. The van der Waals surface area contributed by atoms with Gasteiger partial charge in [0, 0.05) is 5.92 Å². The summed E-state index contributed by atoms with van der Waals surface area (Å²) in [4.78, 5) is 12.2. The van der Waals surface area contributed by atoms with E-state index in [9.17, 15) is 9.90 Å². The number of hydrogen-bond donors (Lipinski definition) is 1. The molecule has 4 rings (SSSR count). The summed E-state index contributed by atoms with van der Waals surface area (Å²) >= 11 is 0. The second-order valence-electron chi connectivity index (χ2n) is 9.84. The van der Waals surface area contributed by atoms with E-state index in [1.807, 2.05) is 0 Å². The normalized spacial score (nSPS) is 55.7. The highest BCUT2D eigenvalue weighted by Crippen LogP contribution is 2.67. The maximum absolute atomic E-state index is 12.2. The Kier molecular flexibility index (Phi) is 3.72. The van der Waals surface area contributed by atoms with Crippen LogP contribution in [0.2, 0.25) is 0 Å². The Morgan fingerprint density at radius 1 is 0.957 bits per heavy atom. The zero-order valence-corrected chi connectivity index (χ0v) is 15.2. The van der Waals surface area contributed by atoms with Gasteiger partial charge in [-0.25, -0.2) is 0 Å².